The van der Waals surface area contributed by atoms with Crippen LogP contribution in [0.25, 0.3) is 0 Å². The summed E-state index contributed by atoms with van der Waals surface area (Å²) in [6, 6.07) is 2.01. The van der Waals surface area contributed by atoms with Gasteiger partial charge in [-0.1, -0.05) is 11.6 Å². The minimum Gasteiger partial charge on any atom is -0.379 e. The molecule has 0 aromatic carbocycles. The molecule has 1 atom stereocenters. The van der Waals surface area contributed by atoms with Crippen LogP contribution in [0.2, 0.25) is 0 Å². The second kappa shape index (κ2) is 4.44. The third-order valence-electron chi connectivity index (χ3n) is 2.64. The van der Waals surface area contributed by atoms with E-state index in [1.807, 2.05) is 11.0 Å². The number of allylic oxidation sites excluding steroid dienone is 2. The number of nitrogens with zero attached hydrogens (tertiary/aromatic N) is 3. The summed E-state index contributed by atoms with van der Waals surface area (Å²) in [6.07, 6.45) is 4.45. The maximum atomic E-state index is 9.77. The van der Waals surface area contributed by atoms with E-state index in [0.717, 1.165) is 5.06 Å². The van der Waals surface area contributed by atoms with E-state index in [9.17, 15) is 5.21 Å². The van der Waals surface area contributed by atoms with Crippen molar-refractivity contribution in [2.45, 2.75) is 5.12 Å². The lowest BCUT2D eigenvalue weighted by Gasteiger charge is -2.43. The Labute approximate surface area is 98.7 Å². The van der Waals surface area contributed by atoms with Gasteiger partial charge in [0, 0.05) is 19.3 Å². The van der Waals surface area contributed by atoms with Gasteiger partial charge in [-0.3, -0.25) is 10.1 Å². The summed E-state index contributed by atoms with van der Waals surface area (Å²) in [4.78, 5) is 1.86. The lowest BCUT2D eigenvalue weighted by molar-refractivity contribution is -0.151. The van der Waals surface area contributed by atoms with Gasteiger partial charge in [0.15, 0.2) is 0 Å². The summed E-state index contributed by atoms with van der Waals surface area (Å²) in [7, 11) is 0. The Morgan fingerprint density at radius 1 is 1.50 bits per heavy atom. The number of alkyl halides is 1. The monoisotopic (exact) mass is 241 g/mol. The van der Waals surface area contributed by atoms with Crippen molar-refractivity contribution in [3.8, 4) is 6.07 Å². The molecule has 6 heteroatoms. The van der Waals surface area contributed by atoms with Crippen molar-refractivity contribution in [3.63, 3.8) is 0 Å². The number of nitriles is 1. The van der Waals surface area contributed by atoms with Crippen LogP contribution in [0, 0.1) is 11.3 Å². The molecule has 86 valence electrons. The van der Waals surface area contributed by atoms with E-state index in [1.165, 1.54) is 12.3 Å². The van der Waals surface area contributed by atoms with Crippen molar-refractivity contribution in [3.05, 3.63) is 23.9 Å². The highest BCUT2D eigenvalue weighted by Gasteiger charge is 2.40. The highest BCUT2D eigenvalue weighted by Crippen LogP contribution is 2.31. The second-order valence-corrected chi connectivity index (χ2v) is 4.16. The van der Waals surface area contributed by atoms with E-state index in [1.54, 1.807) is 6.08 Å². The summed E-state index contributed by atoms with van der Waals surface area (Å²) < 4.78 is 5.22. The summed E-state index contributed by atoms with van der Waals surface area (Å²) in [6.45, 7) is 2.37. The standard InChI is InChI=1S/C10H12ClN3O2/c11-10(13-3-5-16-6-4-13)7-9(8-12)1-2-14(10)15/h1-2,7,15H,3-6H2. The third-order valence-corrected chi connectivity index (χ3v) is 3.16. The smallest absolute Gasteiger partial charge is 0.214 e. The Hall–Kier alpha value is -1.06. The lowest BCUT2D eigenvalue weighted by atomic mass is 10.1. The Bertz CT molecular complexity index is 371. The second-order valence-electron chi connectivity index (χ2n) is 3.61. The number of hydroxylamine groups is 2. The number of rotatable bonds is 1. The van der Waals surface area contributed by atoms with E-state index in [2.05, 4.69) is 0 Å². The van der Waals surface area contributed by atoms with Gasteiger partial charge in [-0.05, 0) is 12.2 Å². The van der Waals surface area contributed by atoms with Gasteiger partial charge in [-0.25, -0.2) is 5.06 Å². The van der Waals surface area contributed by atoms with Gasteiger partial charge >= 0.3 is 0 Å². The van der Waals surface area contributed by atoms with Crippen molar-refractivity contribution >= 4 is 11.6 Å². The molecule has 0 radical (unpaired) electrons. The normalized spacial score (nSPS) is 31.1. The fourth-order valence-corrected chi connectivity index (χ4v) is 2.09. The molecule has 1 unspecified atom stereocenters. The maximum absolute atomic E-state index is 9.77. The Balaban J connectivity index is 2.24. The molecule has 2 heterocycles. The molecular weight excluding hydrogens is 230 g/mol. The van der Waals surface area contributed by atoms with Gasteiger partial charge in [0.2, 0.25) is 5.12 Å². The van der Waals surface area contributed by atoms with Crippen molar-refractivity contribution < 1.29 is 9.94 Å². The Morgan fingerprint density at radius 2 is 2.19 bits per heavy atom. The summed E-state index contributed by atoms with van der Waals surface area (Å²) in [5, 5.41) is 18.3. The maximum Gasteiger partial charge on any atom is 0.214 e. The molecule has 2 aliphatic rings. The zero-order chi connectivity index (χ0) is 11.6. The first-order chi connectivity index (χ1) is 7.66. The first kappa shape index (κ1) is 11.4. The molecule has 0 bridgehead atoms. The van der Waals surface area contributed by atoms with Gasteiger partial charge in [-0.2, -0.15) is 5.26 Å². The van der Waals surface area contributed by atoms with Crippen LogP contribution in [0.15, 0.2) is 23.9 Å². The molecule has 0 aliphatic carbocycles. The van der Waals surface area contributed by atoms with Crippen LogP contribution in [0.5, 0.6) is 0 Å². The highest BCUT2D eigenvalue weighted by molar-refractivity contribution is 6.24. The first-order valence-electron chi connectivity index (χ1n) is 4.98. The SMILES string of the molecule is N#CC1=CC(Cl)(N2CCOCC2)N(O)C=C1. The van der Waals surface area contributed by atoms with Crippen molar-refractivity contribution in [2.75, 3.05) is 26.3 Å². The molecule has 0 aromatic rings. The van der Waals surface area contributed by atoms with Crippen LogP contribution in [0.3, 0.4) is 0 Å². The predicted molar refractivity (Wildman–Crippen MR) is 57.4 cm³/mol. The van der Waals surface area contributed by atoms with Crippen molar-refractivity contribution in [1.29, 1.82) is 5.26 Å². The number of halogens is 1. The van der Waals surface area contributed by atoms with E-state index >= 15 is 0 Å². The first-order valence-corrected chi connectivity index (χ1v) is 5.36. The van der Waals surface area contributed by atoms with E-state index in [0.29, 0.717) is 31.9 Å². The molecular formula is C10H12ClN3O2. The predicted octanol–water partition coefficient (Wildman–Crippen LogP) is 0.880. The largest absolute Gasteiger partial charge is 0.379 e. The van der Waals surface area contributed by atoms with Crippen LogP contribution >= 0.6 is 11.6 Å². The van der Waals surface area contributed by atoms with Gasteiger partial charge in [0.25, 0.3) is 0 Å². The third kappa shape index (κ3) is 1.93. The van der Waals surface area contributed by atoms with Crippen LogP contribution in [-0.2, 0) is 4.74 Å². The highest BCUT2D eigenvalue weighted by atomic mass is 35.5. The topological polar surface area (TPSA) is 59.7 Å². The zero-order valence-corrected chi connectivity index (χ0v) is 9.39. The molecule has 16 heavy (non-hydrogen) atoms. The van der Waals surface area contributed by atoms with Crippen molar-refractivity contribution in [1.82, 2.24) is 9.96 Å². The summed E-state index contributed by atoms with van der Waals surface area (Å²) >= 11 is 6.35. The Kier molecular flexibility index (Phi) is 3.17. The molecule has 0 aromatic heterocycles. The van der Waals surface area contributed by atoms with Crippen LogP contribution in [0.1, 0.15) is 0 Å². The molecule has 0 amide bonds. The van der Waals surface area contributed by atoms with Gasteiger partial charge < -0.3 is 4.74 Å². The van der Waals surface area contributed by atoms with E-state index < -0.39 is 5.12 Å². The fraction of sp³-hybridized carbons (Fsp3) is 0.500. The fourth-order valence-electron chi connectivity index (χ4n) is 1.75. The molecule has 1 N–H and O–H groups in total. The van der Waals surface area contributed by atoms with Gasteiger partial charge in [-0.15, -0.1) is 0 Å². The van der Waals surface area contributed by atoms with Crippen LogP contribution in [-0.4, -0.2) is 46.6 Å². The van der Waals surface area contributed by atoms with Crippen LogP contribution < -0.4 is 0 Å². The summed E-state index contributed by atoms with van der Waals surface area (Å²) in [5.74, 6) is 0. The zero-order valence-electron chi connectivity index (χ0n) is 8.64. The van der Waals surface area contributed by atoms with Gasteiger partial charge in [0.05, 0.1) is 24.9 Å². The molecule has 2 aliphatic heterocycles. The van der Waals surface area contributed by atoms with Crippen LogP contribution in [0.4, 0.5) is 0 Å². The van der Waals surface area contributed by atoms with E-state index in [-0.39, 0.29) is 0 Å². The molecule has 2 rings (SSSR count). The molecule has 1 fully saturated rings. The summed E-state index contributed by atoms with van der Waals surface area (Å²) in [5.41, 5.74) is 0.437. The number of ether oxygens (including phenoxy) is 1. The molecule has 5 nitrogen and oxygen atoms in total. The Morgan fingerprint density at radius 3 is 2.81 bits per heavy atom. The number of hydrogen-bond acceptors (Lipinski definition) is 5. The molecule has 1 saturated heterocycles. The van der Waals surface area contributed by atoms with E-state index in [4.69, 9.17) is 21.6 Å². The van der Waals surface area contributed by atoms with Gasteiger partial charge in [0.1, 0.15) is 0 Å². The van der Waals surface area contributed by atoms with Crippen molar-refractivity contribution in [2.24, 2.45) is 0 Å². The quantitative estimate of drug-likeness (QED) is 0.546. The minimum absolute atomic E-state index is 0.437. The number of morpholine rings is 1. The lowest BCUT2D eigenvalue weighted by Crippen LogP contribution is -2.57. The minimum atomic E-state index is -1.18. The average Bonchev–Trinajstić information content (AvgIpc) is 2.34. The average molecular weight is 242 g/mol. The number of hydrogen-bond donors (Lipinski definition) is 1. The molecule has 0 spiro atoms. The molecule has 0 saturated carbocycles.